The molecule has 18 heavy (non-hydrogen) atoms. The fourth-order valence-corrected chi connectivity index (χ4v) is 2.56. The molecule has 3 nitrogen and oxygen atoms in total. The third kappa shape index (κ3) is 2.56. The van der Waals surface area contributed by atoms with Gasteiger partial charge in [-0.2, -0.15) is 0 Å². The van der Waals surface area contributed by atoms with Crippen molar-refractivity contribution < 1.29 is 4.79 Å². The van der Waals surface area contributed by atoms with Gasteiger partial charge in [0.1, 0.15) is 0 Å². The normalized spacial score (nSPS) is 21.7. The molecule has 2 N–H and O–H groups in total. The minimum absolute atomic E-state index is 0.0432. The summed E-state index contributed by atoms with van der Waals surface area (Å²) in [5.41, 5.74) is 8.66. The first-order chi connectivity index (χ1) is 8.49. The van der Waals surface area contributed by atoms with Gasteiger partial charge in [0.15, 0.2) is 0 Å². The van der Waals surface area contributed by atoms with Crippen LogP contribution in [0.2, 0.25) is 0 Å². The molecule has 2 unspecified atom stereocenters. The highest BCUT2D eigenvalue weighted by Gasteiger charge is 2.34. The van der Waals surface area contributed by atoms with Crippen molar-refractivity contribution in [1.82, 2.24) is 4.90 Å². The van der Waals surface area contributed by atoms with Crippen LogP contribution in [0.5, 0.6) is 0 Å². The van der Waals surface area contributed by atoms with Gasteiger partial charge in [0.2, 0.25) is 5.91 Å². The number of hydrogen-bond acceptors (Lipinski definition) is 2. The van der Waals surface area contributed by atoms with Gasteiger partial charge in [-0.1, -0.05) is 29.8 Å². The molecular formula is C15H22N2O. The molecule has 2 atom stereocenters. The van der Waals surface area contributed by atoms with Gasteiger partial charge in [-0.25, -0.2) is 0 Å². The van der Waals surface area contributed by atoms with Gasteiger partial charge < -0.3 is 10.6 Å². The van der Waals surface area contributed by atoms with Gasteiger partial charge in [0, 0.05) is 31.0 Å². The summed E-state index contributed by atoms with van der Waals surface area (Å²) in [5, 5.41) is 0. The fourth-order valence-electron chi connectivity index (χ4n) is 2.56. The fraction of sp³-hybridized carbons (Fsp3) is 0.533. The van der Waals surface area contributed by atoms with Gasteiger partial charge in [-0.15, -0.1) is 0 Å². The van der Waals surface area contributed by atoms with Crippen LogP contribution in [0.3, 0.4) is 0 Å². The maximum absolute atomic E-state index is 11.9. The summed E-state index contributed by atoms with van der Waals surface area (Å²) >= 11 is 0. The smallest absolute Gasteiger partial charge is 0.223 e. The molecular weight excluding hydrogens is 224 g/mol. The highest BCUT2D eigenvalue weighted by atomic mass is 16.2. The molecule has 0 spiro atoms. The van der Waals surface area contributed by atoms with Crippen molar-refractivity contribution in [2.45, 2.75) is 39.3 Å². The Balaban J connectivity index is 2.09. The number of hydrogen-bond donors (Lipinski definition) is 1. The average Bonchev–Trinajstić information content (AvgIpc) is 2.71. The summed E-state index contributed by atoms with van der Waals surface area (Å²) in [4.78, 5) is 13.8. The topological polar surface area (TPSA) is 46.3 Å². The molecule has 1 amide bonds. The highest BCUT2D eigenvalue weighted by Crippen LogP contribution is 2.30. The molecule has 0 aromatic heterocycles. The summed E-state index contributed by atoms with van der Waals surface area (Å²) in [6.07, 6.45) is 0.577. The predicted octanol–water partition coefficient (Wildman–Crippen LogP) is 2.25. The van der Waals surface area contributed by atoms with Gasteiger partial charge in [-0.05, 0) is 26.3 Å². The number of nitrogens with two attached hydrogens (primary N) is 1. The highest BCUT2D eigenvalue weighted by molar-refractivity contribution is 5.79. The Bertz CT molecular complexity index is 425. The monoisotopic (exact) mass is 246 g/mol. The Kier molecular flexibility index (Phi) is 3.71. The number of likely N-dealkylation sites (tertiary alicyclic amines) is 1. The lowest BCUT2D eigenvalue weighted by Gasteiger charge is -2.23. The molecule has 0 bridgehead atoms. The zero-order valence-electron chi connectivity index (χ0n) is 11.4. The van der Waals surface area contributed by atoms with Gasteiger partial charge in [0.25, 0.3) is 0 Å². The van der Waals surface area contributed by atoms with Crippen LogP contribution >= 0.6 is 0 Å². The van der Waals surface area contributed by atoms with E-state index in [0.717, 1.165) is 12.1 Å². The van der Waals surface area contributed by atoms with Crippen LogP contribution < -0.4 is 5.73 Å². The zero-order chi connectivity index (χ0) is 13.3. The Morgan fingerprint density at radius 2 is 1.89 bits per heavy atom. The number of carbonyl (C=O) groups is 1. The lowest BCUT2D eigenvalue weighted by atomic mass is 9.92. The van der Waals surface area contributed by atoms with Gasteiger partial charge in [0.05, 0.1) is 0 Å². The van der Waals surface area contributed by atoms with Crippen molar-refractivity contribution in [3.63, 3.8) is 0 Å². The lowest BCUT2D eigenvalue weighted by molar-refractivity contribution is -0.129. The molecule has 1 aromatic carbocycles. The molecule has 0 saturated carbocycles. The molecule has 1 saturated heterocycles. The quantitative estimate of drug-likeness (QED) is 0.889. The van der Waals surface area contributed by atoms with Crippen LogP contribution in [0.25, 0.3) is 0 Å². The van der Waals surface area contributed by atoms with Crippen LogP contribution in [0, 0.1) is 12.8 Å². The number of benzene rings is 1. The molecule has 0 aliphatic carbocycles. The SMILES string of the molecule is Cc1ccc(C(N)C2CC(=O)N(C(C)C)C2)cc1. The van der Waals surface area contributed by atoms with E-state index in [1.807, 2.05) is 4.90 Å². The van der Waals surface area contributed by atoms with E-state index in [1.165, 1.54) is 5.56 Å². The van der Waals surface area contributed by atoms with Gasteiger partial charge >= 0.3 is 0 Å². The summed E-state index contributed by atoms with van der Waals surface area (Å²) < 4.78 is 0. The summed E-state index contributed by atoms with van der Waals surface area (Å²) in [6.45, 7) is 6.95. The molecule has 1 fully saturated rings. The van der Waals surface area contributed by atoms with Crippen LogP contribution in [0.4, 0.5) is 0 Å². The van der Waals surface area contributed by atoms with Crippen molar-refractivity contribution in [3.8, 4) is 0 Å². The van der Waals surface area contributed by atoms with Crippen LogP contribution in [-0.4, -0.2) is 23.4 Å². The average molecular weight is 246 g/mol. The minimum atomic E-state index is -0.0432. The molecule has 2 rings (SSSR count). The van der Waals surface area contributed by atoms with Crippen LogP contribution in [0.15, 0.2) is 24.3 Å². The van der Waals surface area contributed by atoms with E-state index in [0.29, 0.717) is 6.42 Å². The second-order valence-electron chi connectivity index (χ2n) is 5.54. The second kappa shape index (κ2) is 5.11. The van der Waals surface area contributed by atoms with Crippen molar-refractivity contribution in [3.05, 3.63) is 35.4 Å². The molecule has 0 radical (unpaired) electrons. The minimum Gasteiger partial charge on any atom is -0.340 e. The van der Waals surface area contributed by atoms with E-state index >= 15 is 0 Å². The first kappa shape index (κ1) is 13.1. The van der Waals surface area contributed by atoms with E-state index in [2.05, 4.69) is 45.0 Å². The Morgan fingerprint density at radius 1 is 1.28 bits per heavy atom. The van der Waals surface area contributed by atoms with E-state index in [-0.39, 0.29) is 23.9 Å². The summed E-state index contributed by atoms with van der Waals surface area (Å²) in [6, 6.07) is 8.52. The van der Waals surface area contributed by atoms with Gasteiger partial charge in [-0.3, -0.25) is 4.79 Å². The standard InChI is InChI=1S/C15H22N2O/c1-10(2)17-9-13(8-14(17)18)15(16)12-6-4-11(3)5-7-12/h4-7,10,13,15H,8-9,16H2,1-3H3. The molecule has 1 heterocycles. The number of carbonyl (C=O) groups excluding carboxylic acids is 1. The largest absolute Gasteiger partial charge is 0.340 e. The zero-order valence-corrected chi connectivity index (χ0v) is 11.4. The number of amides is 1. The third-order valence-corrected chi connectivity index (χ3v) is 3.78. The lowest BCUT2D eigenvalue weighted by Crippen LogP contribution is -2.33. The summed E-state index contributed by atoms with van der Waals surface area (Å²) in [5.74, 6) is 0.472. The molecule has 98 valence electrons. The van der Waals surface area contributed by atoms with E-state index < -0.39 is 0 Å². The molecule has 1 aliphatic rings. The number of rotatable bonds is 3. The van der Waals surface area contributed by atoms with Crippen molar-refractivity contribution in [2.75, 3.05) is 6.54 Å². The molecule has 1 aromatic rings. The number of aryl methyl sites for hydroxylation is 1. The maximum Gasteiger partial charge on any atom is 0.223 e. The Morgan fingerprint density at radius 3 is 2.39 bits per heavy atom. The Hall–Kier alpha value is -1.35. The Labute approximate surface area is 109 Å². The maximum atomic E-state index is 11.9. The van der Waals surface area contributed by atoms with E-state index in [4.69, 9.17) is 5.73 Å². The van der Waals surface area contributed by atoms with Crippen molar-refractivity contribution >= 4 is 5.91 Å². The molecule has 3 heteroatoms. The van der Waals surface area contributed by atoms with E-state index in [9.17, 15) is 4.79 Å². The van der Waals surface area contributed by atoms with Crippen molar-refractivity contribution in [1.29, 1.82) is 0 Å². The predicted molar refractivity (Wildman–Crippen MR) is 73.1 cm³/mol. The second-order valence-corrected chi connectivity index (χ2v) is 5.54. The first-order valence-corrected chi connectivity index (χ1v) is 6.60. The number of nitrogens with zero attached hydrogens (tertiary/aromatic N) is 1. The summed E-state index contributed by atoms with van der Waals surface area (Å²) in [7, 11) is 0. The van der Waals surface area contributed by atoms with Crippen molar-refractivity contribution in [2.24, 2.45) is 11.7 Å². The first-order valence-electron chi connectivity index (χ1n) is 6.60. The van der Waals surface area contributed by atoms with Crippen LogP contribution in [-0.2, 0) is 4.79 Å². The van der Waals surface area contributed by atoms with Crippen LogP contribution in [0.1, 0.15) is 37.4 Å². The molecule has 1 aliphatic heterocycles. The third-order valence-electron chi connectivity index (χ3n) is 3.78. The van der Waals surface area contributed by atoms with E-state index in [1.54, 1.807) is 0 Å².